The third-order valence-electron chi connectivity index (χ3n) is 3.09. The topological polar surface area (TPSA) is 100 Å². The average Bonchev–Trinajstić information content (AvgIpc) is 2.70. The summed E-state index contributed by atoms with van der Waals surface area (Å²) >= 11 is 1.22. The lowest BCUT2D eigenvalue weighted by molar-refractivity contribution is -0.127. The zero-order valence-electron chi connectivity index (χ0n) is 12.7. The molecule has 1 fully saturated rings. The molecule has 0 spiro atoms. The van der Waals surface area contributed by atoms with E-state index in [4.69, 9.17) is 5.73 Å². The fraction of sp³-hybridized carbons (Fsp3) is 0.615. The van der Waals surface area contributed by atoms with Crippen molar-refractivity contribution in [3.63, 3.8) is 0 Å². The van der Waals surface area contributed by atoms with E-state index in [1.54, 1.807) is 6.92 Å². The van der Waals surface area contributed by atoms with Gasteiger partial charge >= 0.3 is 0 Å². The van der Waals surface area contributed by atoms with Crippen molar-refractivity contribution in [2.75, 3.05) is 24.1 Å². The van der Waals surface area contributed by atoms with Crippen LogP contribution in [0.5, 0.6) is 0 Å². The Morgan fingerprint density at radius 3 is 2.81 bits per heavy atom. The van der Waals surface area contributed by atoms with Gasteiger partial charge in [0.05, 0.1) is 0 Å². The highest BCUT2D eigenvalue weighted by Crippen LogP contribution is 2.29. The van der Waals surface area contributed by atoms with Crippen molar-refractivity contribution in [3.8, 4) is 0 Å². The Hall–Kier alpha value is -1.83. The molecule has 4 N–H and O–H groups in total. The first-order chi connectivity index (χ1) is 9.69. The van der Waals surface area contributed by atoms with Gasteiger partial charge in [-0.15, -0.1) is 0 Å². The first-order valence-corrected chi connectivity index (χ1v) is 7.64. The second-order valence-corrected chi connectivity index (χ2v) is 7.07. The third kappa shape index (κ3) is 3.44. The van der Waals surface area contributed by atoms with E-state index in [1.807, 2.05) is 20.8 Å². The number of amides is 2. The molecule has 1 unspecified atom stereocenters. The molecular weight excluding hydrogens is 290 g/mol. The van der Waals surface area contributed by atoms with Crippen molar-refractivity contribution in [2.45, 2.75) is 39.3 Å². The summed E-state index contributed by atoms with van der Waals surface area (Å²) in [7, 11) is 0. The van der Waals surface area contributed by atoms with Crippen LogP contribution in [0.4, 0.5) is 10.9 Å². The normalized spacial score (nSPS) is 19.3. The molecule has 0 radical (unpaired) electrons. The van der Waals surface area contributed by atoms with Gasteiger partial charge < -0.3 is 21.3 Å². The van der Waals surface area contributed by atoms with Crippen LogP contribution in [0, 0.1) is 0 Å². The molecule has 8 heteroatoms. The lowest BCUT2D eigenvalue weighted by atomic mass is 10.1. The van der Waals surface area contributed by atoms with Crippen molar-refractivity contribution in [1.82, 2.24) is 15.2 Å². The number of aromatic nitrogens is 1. The van der Waals surface area contributed by atoms with E-state index in [9.17, 15) is 9.59 Å². The first-order valence-electron chi connectivity index (χ1n) is 6.82. The lowest BCUT2D eigenvalue weighted by Crippen LogP contribution is -2.55. The van der Waals surface area contributed by atoms with Gasteiger partial charge in [-0.05, 0) is 27.7 Å². The molecule has 0 aliphatic carbocycles. The number of hydrogen-bond donors (Lipinski definition) is 3. The first kappa shape index (κ1) is 15.6. The molecule has 1 aromatic rings. The summed E-state index contributed by atoms with van der Waals surface area (Å²) in [4.78, 5) is 30.3. The van der Waals surface area contributed by atoms with Crippen molar-refractivity contribution in [1.29, 1.82) is 0 Å². The van der Waals surface area contributed by atoms with E-state index < -0.39 is 6.04 Å². The molecule has 21 heavy (non-hydrogen) atoms. The number of carbonyl (C=O) groups is 2. The highest BCUT2D eigenvalue weighted by molar-refractivity contribution is 7.18. The van der Waals surface area contributed by atoms with Crippen LogP contribution in [0.3, 0.4) is 0 Å². The predicted octanol–water partition coefficient (Wildman–Crippen LogP) is 0.896. The lowest BCUT2D eigenvalue weighted by Gasteiger charge is -2.32. The van der Waals surface area contributed by atoms with E-state index in [1.165, 1.54) is 16.2 Å². The van der Waals surface area contributed by atoms with Crippen LogP contribution in [0.2, 0.25) is 0 Å². The van der Waals surface area contributed by atoms with Crippen LogP contribution >= 0.6 is 11.3 Å². The molecule has 1 aliphatic heterocycles. The summed E-state index contributed by atoms with van der Waals surface area (Å²) in [6.07, 6.45) is 0. The molecule has 2 heterocycles. The minimum Gasteiger partial charge on any atom is -0.382 e. The smallest absolute Gasteiger partial charge is 0.268 e. The zero-order valence-corrected chi connectivity index (χ0v) is 13.5. The van der Waals surface area contributed by atoms with Gasteiger partial charge in [0.2, 0.25) is 5.91 Å². The molecule has 7 nitrogen and oxygen atoms in total. The average molecular weight is 311 g/mol. The maximum absolute atomic E-state index is 12.6. The van der Waals surface area contributed by atoms with Crippen LogP contribution in [-0.4, -0.2) is 46.4 Å². The van der Waals surface area contributed by atoms with Crippen molar-refractivity contribution in [2.24, 2.45) is 0 Å². The van der Waals surface area contributed by atoms with Crippen LogP contribution in [-0.2, 0) is 4.79 Å². The SMILES string of the molecule is CC1C(=O)NCCN1C(=O)c1sc(NC(C)(C)C)nc1N. The van der Waals surface area contributed by atoms with E-state index in [2.05, 4.69) is 15.6 Å². The highest BCUT2D eigenvalue weighted by atomic mass is 32.1. The maximum atomic E-state index is 12.6. The molecule has 0 saturated carbocycles. The van der Waals surface area contributed by atoms with E-state index in [0.717, 1.165) is 0 Å². The van der Waals surface area contributed by atoms with E-state index >= 15 is 0 Å². The summed E-state index contributed by atoms with van der Waals surface area (Å²) in [5.41, 5.74) is 5.70. The number of carbonyl (C=O) groups excluding carboxylic acids is 2. The predicted molar refractivity (Wildman–Crippen MR) is 83.4 cm³/mol. The van der Waals surface area contributed by atoms with Crippen LogP contribution < -0.4 is 16.4 Å². The third-order valence-corrected chi connectivity index (χ3v) is 4.06. The van der Waals surface area contributed by atoms with Crippen molar-refractivity contribution < 1.29 is 9.59 Å². The van der Waals surface area contributed by atoms with E-state index in [0.29, 0.717) is 23.1 Å². The summed E-state index contributed by atoms with van der Waals surface area (Å²) in [5.74, 6) is -0.185. The van der Waals surface area contributed by atoms with Crippen LogP contribution in [0.15, 0.2) is 0 Å². The fourth-order valence-corrected chi connectivity index (χ4v) is 3.10. The molecule has 1 atom stereocenters. The van der Waals surface area contributed by atoms with Crippen molar-refractivity contribution >= 4 is 34.1 Å². The quantitative estimate of drug-likeness (QED) is 0.753. The maximum Gasteiger partial charge on any atom is 0.268 e. The zero-order chi connectivity index (χ0) is 15.8. The molecule has 2 amide bonds. The number of hydrogen-bond acceptors (Lipinski definition) is 6. The van der Waals surface area contributed by atoms with Gasteiger partial charge in [-0.3, -0.25) is 9.59 Å². The standard InChI is InChI=1S/C13H21N5O2S/c1-7-10(19)15-5-6-18(7)11(20)8-9(14)16-12(21-8)17-13(2,3)4/h7H,5-6,14H2,1-4H3,(H,15,19)(H,16,17). The van der Waals surface area contributed by atoms with Gasteiger partial charge in [0.25, 0.3) is 5.91 Å². The largest absolute Gasteiger partial charge is 0.382 e. The fourth-order valence-electron chi connectivity index (χ4n) is 2.05. The summed E-state index contributed by atoms with van der Waals surface area (Å²) < 4.78 is 0. The Morgan fingerprint density at radius 2 is 2.19 bits per heavy atom. The highest BCUT2D eigenvalue weighted by Gasteiger charge is 2.32. The van der Waals surface area contributed by atoms with Crippen LogP contribution in [0.1, 0.15) is 37.4 Å². The van der Waals surface area contributed by atoms with Gasteiger partial charge in [0.1, 0.15) is 16.7 Å². The molecule has 1 aromatic heterocycles. The number of nitrogens with one attached hydrogen (secondary N) is 2. The summed E-state index contributed by atoms with van der Waals surface area (Å²) in [5, 5.41) is 6.54. The minimum atomic E-state index is -0.494. The number of nitrogen functional groups attached to an aromatic ring is 1. The Morgan fingerprint density at radius 1 is 1.52 bits per heavy atom. The van der Waals surface area contributed by atoms with Gasteiger partial charge in [0, 0.05) is 18.6 Å². The Balaban J connectivity index is 2.21. The molecule has 1 saturated heterocycles. The number of piperazine rings is 1. The second-order valence-electron chi connectivity index (χ2n) is 6.07. The Bertz CT molecular complexity index is 563. The molecule has 2 rings (SSSR count). The van der Waals surface area contributed by atoms with Gasteiger partial charge in [-0.1, -0.05) is 11.3 Å². The molecular formula is C13H21N5O2S. The minimum absolute atomic E-state index is 0.147. The number of rotatable bonds is 2. The van der Waals surface area contributed by atoms with Crippen LogP contribution in [0.25, 0.3) is 0 Å². The monoisotopic (exact) mass is 311 g/mol. The van der Waals surface area contributed by atoms with Crippen molar-refractivity contribution in [3.05, 3.63) is 4.88 Å². The Labute approximate surface area is 127 Å². The Kier molecular flexibility index (Phi) is 4.08. The molecule has 116 valence electrons. The van der Waals surface area contributed by atoms with Gasteiger partial charge in [-0.2, -0.15) is 0 Å². The molecule has 1 aliphatic rings. The number of thiazole rings is 1. The molecule has 0 aromatic carbocycles. The number of nitrogens with two attached hydrogens (primary N) is 1. The van der Waals surface area contributed by atoms with Gasteiger partial charge in [-0.25, -0.2) is 4.98 Å². The number of nitrogens with zero attached hydrogens (tertiary/aromatic N) is 2. The summed E-state index contributed by atoms with van der Waals surface area (Å²) in [6.45, 7) is 8.65. The van der Waals surface area contributed by atoms with Gasteiger partial charge in [0.15, 0.2) is 5.13 Å². The number of anilines is 2. The molecule has 0 bridgehead atoms. The van der Waals surface area contributed by atoms with E-state index in [-0.39, 0.29) is 23.2 Å². The summed E-state index contributed by atoms with van der Waals surface area (Å²) in [6, 6.07) is -0.494. The second kappa shape index (κ2) is 5.51.